The maximum absolute atomic E-state index is 12.2. The van der Waals surface area contributed by atoms with Crippen molar-refractivity contribution >= 4 is 5.78 Å². The van der Waals surface area contributed by atoms with Gasteiger partial charge in [0.05, 0.1) is 7.11 Å². The van der Waals surface area contributed by atoms with Gasteiger partial charge in [0.2, 0.25) is 0 Å². The zero-order chi connectivity index (χ0) is 17.2. The molecule has 0 bridgehead atoms. The van der Waals surface area contributed by atoms with E-state index in [0.29, 0.717) is 6.42 Å². The highest BCUT2D eigenvalue weighted by atomic mass is 16.5. The lowest BCUT2D eigenvalue weighted by Gasteiger charge is -2.28. The number of carbonyl (C=O) groups excluding carboxylic acids is 1. The van der Waals surface area contributed by atoms with Gasteiger partial charge in [-0.2, -0.15) is 0 Å². The van der Waals surface area contributed by atoms with Gasteiger partial charge in [0.25, 0.3) is 0 Å². The summed E-state index contributed by atoms with van der Waals surface area (Å²) in [5, 5.41) is 0. The van der Waals surface area contributed by atoms with E-state index >= 15 is 0 Å². The number of rotatable bonds is 10. The Kier molecular flexibility index (Phi) is 8.35. The molecule has 1 aliphatic rings. The fourth-order valence-electron chi connectivity index (χ4n) is 3.96. The molecule has 2 heteroatoms. The molecule has 0 spiro atoms. The molecule has 0 N–H and O–H groups in total. The maximum atomic E-state index is 12.2. The molecule has 1 aromatic carbocycles. The number of carbonyl (C=O) groups is 1. The maximum Gasteiger partial charge on any atom is 0.162 e. The van der Waals surface area contributed by atoms with Gasteiger partial charge < -0.3 is 4.74 Å². The molecule has 0 heterocycles. The third-order valence-electron chi connectivity index (χ3n) is 5.61. The van der Waals surface area contributed by atoms with E-state index in [1.54, 1.807) is 7.11 Å². The van der Waals surface area contributed by atoms with Crippen LogP contribution >= 0.6 is 0 Å². The number of Topliss-reactive ketones (excluding diaryl/α,β-unsaturated/α-hetero) is 1. The van der Waals surface area contributed by atoms with Crippen LogP contribution in [0.15, 0.2) is 24.3 Å². The Morgan fingerprint density at radius 3 is 2.08 bits per heavy atom. The fourth-order valence-corrected chi connectivity index (χ4v) is 3.96. The van der Waals surface area contributed by atoms with E-state index in [-0.39, 0.29) is 5.78 Å². The van der Waals surface area contributed by atoms with E-state index in [9.17, 15) is 4.79 Å². The van der Waals surface area contributed by atoms with Crippen LogP contribution in [-0.2, 0) is 0 Å². The first-order valence-electron chi connectivity index (χ1n) is 9.90. The fraction of sp³-hybridized carbons (Fsp3) is 0.682. The predicted molar refractivity (Wildman–Crippen MR) is 101 cm³/mol. The highest BCUT2D eigenvalue weighted by Crippen LogP contribution is 2.34. The summed E-state index contributed by atoms with van der Waals surface area (Å²) in [4.78, 5) is 12.2. The minimum Gasteiger partial charge on any atom is -0.497 e. The first-order chi connectivity index (χ1) is 11.7. The molecule has 0 saturated heterocycles. The van der Waals surface area contributed by atoms with Crippen molar-refractivity contribution in [1.82, 2.24) is 0 Å². The Hall–Kier alpha value is -1.31. The summed E-state index contributed by atoms with van der Waals surface area (Å²) in [6.45, 7) is 2.28. The summed E-state index contributed by atoms with van der Waals surface area (Å²) in [5.41, 5.74) is 0.815. The molecule has 0 radical (unpaired) electrons. The van der Waals surface area contributed by atoms with Crippen LogP contribution in [0.1, 0.15) is 87.9 Å². The lowest BCUT2D eigenvalue weighted by Crippen LogP contribution is -2.15. The summed E-state index contributed by atoms with van der Waals surface area (Å²) in [7, 11) is 1.65. The summed E-state index contributed by atoms with van der Waals surface area (Å²) in [6, 6.07) is 7.49. The van der Waals surface area contributed by atoms with Gasteiger partial charge in [-0.1, -0.05) is 64.7 Å². The van der Waals surface area contributed by atoms with E-state index in [4.69, 9.17) is 4.74 Å². The molecule has 1 saturated carbocycles. The minimum absolute atomic E-state index is 0.269. The zero-order valence-electron chi connectivity index (χ0n) is 15.6. The third kappa shape index (κ3) is 6.30. The molecule has 0 amide bonds. The standard InChI is InChI=1S/C22H34O2/c1-3-4-5-7-18-10-12-19(13-11-18)8-6-9-22(23)20-14-16-21(24-2)17-15-20/h14-19H,3-13H2,1-2H3/t18-,19-. The second-order valence-corrected chi connectivity index (χ2v) is 7.43. The van der Waals surface area contributed by atoms with E-state index in [2.05, 4.69) is 6.92 Å². The van der Waals surface area contributed by atoms with Gasteiger partial charge in [-0.3, -0.25) is 4.79 Å². The summed E-state index contributed by atoms with van der Waals surface area (Å²) in [5.74, 6) is 2.91. The van der Waals surface area contributed by atoms with Crippen LogP contribution in [0, 0.1) is 11.8 Å². The van der Waals surface area contributed by atoms with Crippen LogP contribution in [0.25, 0.3) is 0 Å². The van der Waals surface area contributed by atoms with Gasteiger partial charge in [0, 0.05) is 12.0 Å². The summed E-state index contributed by atoms with van der Waals surface area (Å²) >= 11 is 0. The second-order valence-electron chi connectivity index (χ2n) is 7.43. The Balaban J connectivity index is 1.61. The van der Waals surface area contributed by atoms with Crippen LogP contribution in [0.2, 0.25) is 0 Å². The van der Waals surface area contributed by atoms with Gasteiger partial charge in [-0.25, -0.2) is 0 Å². The van der Waals surface area contributed by atoms with Crippen LogP contribution in [0.4, 0.5) is 0 Å². The lowest BCUT2D eigenvalue weighted by atomic mass is 9.78. The Morgan fingerprint density at radius 2 is 1.54 bits per heavy atom. The Labute approximate surface area is 148 Å². The molecule has 1 fully saturated rings. The predicted octanol–water partition coefficient (Wildman–Crippen LogP) is 6.43. The summed E-state index contributed by atoms with van der Waals surface area (Å²) in [6.07, 6.45) is 14.1. The van der Waals surface area contributed by atoms with Crippen LogP contribution < -0.4 is 4.74 Å². The van der Waals surface area contributed by atoms with E-state index in [1.165, 1.54) is 57.8 Å². The monoisotopic (exact) mass is 330 g/mol. The van der Waals surface area contributed by atoms with Gasteiger partial charge in [-0.05, 0) is 42.5 Å². The largest absolute Gasteiger partial charge is 0.497 e. The minimum atomic E-state index is 0.269. The molecule has 0 aliphatic heterocycles. The number of hydrogen-bond acceptors (Lipinski definition) is 2. The smallest absolute Gasteiger partial charge is 0.162 e. The average Bonchev–Trinajstić information content (AvgIpc) is 2.63. The van der Waals surface area contributed by atoms with Gasteiger partial charge in [0.1, 0.15) is 5.75 Å². The number of ketones is 1. The summed E-state index contributed by atoms with van der Waals surface area (Å²) < 4.78 is 5.14. The molecule has 0 unspecified atom stereocenters. The van der Waals surface area contributed by atoms with Gasteiger partial charge in [-0.15, -0.1) is 0 Å². The first kappa shape index (κ1) is 19.0. The van der Waals surface area contributed by atoms with Crippen molar-refractivity contribution in [2.24, 2.45) is 11.8 Å². The topological polar surface area (TPSA) is 26.3 Å². The quantitative estimate of drug-likeness (QED) is 0.365. The lowest BCUT2D eigenvalue weighted by molar-refractivity contribution is 0.0976. The van der Waals surface area contributed by atoms with Crippen molar-refractivity contribution in [1.29, 1.82) is 0 Å². The highest BCUT2D eigenvalue weighted by molar-refractivity contribution is 5.96. The number of unbranched alkanes of at least 4 members (excludes halogenated alkanes) is 2. The normalized spacial score (nSPS) is 20.8. The molecule has 2 nitrogen and oxygen atoms in total. The van der Waals surface area contributed by atoms with Crippen LogP contribution in [0.5, 0.6) is 5.75 Å². The first-order valence-corrected chi connectivity index (χ1v) is 9.90. The van der Waals surface area contributed by atoms with Crippen LogP contribution in [-0.4, -0.2) is 12.9 Å². The van der Waals surface area contributed by atoms with Crippen molar-refractivity contribution in [2.45, 2.75) is 77.6 Å². The Bertz CT molecular complexity index is 469. The van der Waals surface area contributed by atoms with E-state index in [1.807, 2.05) is 24.3 Å². The zero-order valence-corrected chi connectivity index (χ0v) is 15.6. The van der Waals surface area contributed by atoms with E-state index < -0.39 is 0 Å². The molecule has 0 atom stereocenters. The molecule has 1 aliphatic carbocycles. The van der Waals surface area contributed by atoms with Crippen molar-refractivity contribution in [3.05, 3.63) is 29.8 Å². The van der Waals surface area contributed by atoms with Crippen molar-refractivity contribution in [2.75, 3.05) is 7.11 Å². The molecular weight excluding hydrogens is 296 g/mol. The van der Waals surface area contributed by atoms with Crippen molar-refractivity contribution in [3.8, 4) is 5.75 Å². The van der Waals surface area contributed by atoms with Crippen molar-refractivity contribution in [3.63, 3.8) is 0 Å². The number of ether oxygens (including phenoxy) is 1. The highest BCUT2D eigenvalue weighted by Gasteiger charge is 2.20. The molecule has 24 heavy (non-hydrogen) atoms. The van der Waals surface area contributed by atoms with E-state index in [0.717, 1.165) is 29.6 Å². The molecule has 2 rings (SSSR count). The molecule has 134 valence electrons. The third-order valence-corrected chi connectivity index (χ3v) is 5.61. The SMILES string of the molecule is CCCCC[C@H]1CC[C@H](CCCC(=O)c2ccc(OC)cc2)CC1. The van der Waals surface area contributed by atoms with Crippen LogP contribution in [0.3, 0.4) is 0 Å². The number of benzene rings is 1. The molecular formula is C22H34O2. The average molecular weight is 331 g/mol. The molecule has 0 aromatic heterocycles. The molecule has 1 aromatic rings. The number of hydrogen-bond donors (Lipinski definition) is 0. The Morgan fingerprint density at radius 1 is 0.958 bits per heavy atom. The second kappa shape index (κ2) is 10.5. The van der Waals surface area contributed by atoms with Gasteiger partial charge >= 0.3 is 0 Å². The number of methoxy groups -OCH3 is 1. The van der Waals surface area contributed by atoms with Crippen molar-refractivity contribution < 1.29 is 9.53 Å². The van der Waals surface area contributed by atoms with Gasteiger partial charge in [0.15, 0.2) is 5.78 Å².